The van der Waals surface area contributed by atoms with Gasteiger partial charge in [0.25, 0.3) is 0 Å². The van der Waals surface area contributed by atoms with E-state index in [9.17, 15) is 0 Å². The highest BCUT2D eigenvalue weighted by molar-refractivity contribution is 5.28. The summed E-state index contributed by atoms with van der Waals surface area (Å²) in [7, 11) is 0. The van der Waals surface area contributed by atoms with E-state index in [0.717, 1.165) is 18.2 Å². The van der Waals surface area contributed by atoms with Gasteiger partial charge in [0.1, 0.15) is 11.8 Å². The molecule has 18 heavy (non-hydrogen) atoms. The van der Waals surface area contributed by atoms with Crippen LogP contribution in [0.5, 0.6) is 5.75 Å². The summed E-state index contributed by atoms with van der Waals surface area (Å²) < 4.78 is 5.30. The smallest absolute Gasteiger partial charge is 0.174 e. The minimum Gasteiger partial charge on any atom is -0.479 e. The van der Waals surface area contributed by atoms with Gasteiger partial charge in [0, 0.05) is 12.6 Å². The molecule has 0 heterocycles. The first-order chi connectivity index (χ1) is 8.78. The van der Waals surface area contributed by atoms with Crippen LogP contribution in [0.1, 0.15) is 31.7 Å². The fourth-order valence-corrected chi connectivity index (χ4v) is 2.52. The van der Waals surface area contributed by atoms with Crippen molar-refractivity contribution in [3.05, 3.63) is 29.8 Å². The third kappa shape index (κ3) is 3.75. The Kier molecular flexibility index (Phi) is 4.60. The van der Waals surface area contributed by atoms with E-state index in [2.05, 4.69) is 18.3 Å². The quantitative estimate of drug-likeness (QED) is 0.866. The van der Waals surface area contributed by atoms with Crippen LogP contribution in [-0.4, -0.2) is 12.6 Å². The minimum absolute atomic E-state index is 0.108. The summed E-state index contributed by atoms with van der Waals surface area (Å²) in [5.74, 6) is 1.63. The summed E-state index contributed by atoms with van der Waals surface area (Å²) in [6.07, 6.45) is 3.90. The molecule has 1 aromatic carbocycles. The Bertz CT molecular complexity index is 425. The lowest BCUT2D eigenvalue weighted by molar-refractivity contribution is 0.367. The fourth-order valence-electron chi connectivity index (χ4n) is 2.52. The molecule has 0 aromatic heterocycles. The van der Waals surface area contributed by atoms with E-state index in [0.29, 0.717) is 6.04 Å². The van der Waals surface area contributed by atoms with Crippen LogP contribution >= 0.6 is 0 Å². The van der Waals surface area contributed by atoms with E-state index in [1.807, 2.05) is 24.3 Å². The largest absolute Gasteiger partial charge is 0.479 e. The van der Waals surface area contributed by atoms with Crippen molar-refractivity contribution in [2.24, 2.45) is 5.92 Å². The van der Waals surface area contributed by atoms with Crippen LogP contribution in [0.25, 0.3) is 0 Å². The van der Waals surface area contributed by atoms with Crippen molar-refractivity contribution in [2.45, 2.75) is 38.8 Å². The lowest BCUT2D eigenvalue weighted by Gasteiger charge is -2.13. The van der Waals surface area contributed by atoms with Gasteiger partial charge in [0.15, 0.2) is 6.61 Å². The van der Waals surface area contributed by atoms with Gasteiger partial charge < -0.3 is 10.1 Å². The molecule has 1 aromatic rings. The second-order valence-electron chi connectivity index (χ2n) is 5.09. The SMILES string of the molecule is CC1CCC(NCc2cccc(OCC#N)c2)C1. The highest BCUT2D eigenvalue weighted by Gasteiger charge is 2.20. The Labute approximate surface area is 109 Å². The van der Waals surface area contributed by atoms with E-state index >= 15 is 0 Å². The van der Waals surface area contributed by atoms with Gasteiger partial charge in [-0.1, -0.05) is 19.1 Å². The number of ether oxygens (including phenoxy) is 1. The molecule has 96 valence electrons. The predicted octanol–water partition coefficient (Wildman–Crippen LogP) is 2.87. The number of nitriles is 1. The Balaban J connectivity index is 1.83. The van der Waals surface area contributed by atoms with Gasteiger partial charge in [0.2, 0.25) is 0 Å². The molecule has 0 amide bonds. The molecule has 3 nitrogen and oxygen atoms in total. The van der Waals surface area contributed by atoms with Crippen molar-refractivity contribution in [1.82, 2.24) is 5.32 Å². The van der Waals surface area contributed by atoms with Crippen LogP contribution < -0.4 is 10.1 Å². The average Bonchev–Trinajstić information content (AvgIpc) is 2.80. The molecule has 1 aliphatic rings. The third-order valence-corrected chi connectivity index (χ3v) is 3.49. The number of nitrogens with zero attached hydrogens (tertiary/aromatic N) is 1. The lowest BCUT2D eigenvalue weighted by Crippen LogP contribution is -2.25. The summed E-state index contributed by atoms with van der Waals surface area (Å²) in [6.45, 7) is 3.30. The highest BCUT2D eigenvalue weighted by Crippen LogP contribution is 2.25. The topological polar surface area (TPSA) is 45.0 Å². The molecule has 0 radical (unpaired) electrons. The molecule has 2 rings (SSSR count). The van der Waals surface area contributed by atoms with Gasteiger partial charge in [-0.2, -0.15) is 5.26 Å². The van der Waals surface area contributed by atoms with Crippen molar-refractivity contribution in [3.8, 4) is 11.8 Å². The third-order valence-electron chi connectivity index (χ3n) is 3.49. The van der Waals surface area contributed by atoms with Crippen molar-refractivity contribution >= 4 is 0 Å². The maximum atomic E-state index is 8.48. The van der Waals surface area contributed by atoms with Crippen LogP contribution in [-0.2, 0) is 6.54 Å². The summed E-state index contributed by atoms with van der Waals surface area (Å²) in [6, 6.07) is 10.6. The Morgan fingerprint density at radius 3 is 3.06 bits per heavy atom. The summed E-state index contributed by atoms with van der Waals surface area (Å²) >= 11 is 0. The van der Waals surface area contributed by atoms with Crippen LogP contribution in [0.2, 0.25) is 0 Å². The molecule has 1 N–H and O–H groups in total. The molecule has 3 heteroatoms. The number of benzene rings is 1. The molecule has 2 atom stereocenters. The maximum absolute atomic E-state index is 8.48. The van der Waals surface area contributed by atoms with Gasteiger partial charge in [0.05, 0.1) is 0 Å². The normalized spacial score (nSPS) is 22.7. The summed E-state index contributed by atoms with van der Waals surface area (Å²) in [5.41, 5.74) is 1.21. The first-order valence-electron chi connectivity index (χ1n) is 6.60. The zero-order valence-corrected chi connectivity index (χ0v) is 10.9. The van der Waals surface area contributed by atoms with E-state index in [1.54, 1.807) is 0 Å². The molecule has 0 aliphatic heterocycles. The van der Waals surface area contributed by atoms with Crippen LogP contribution in [0.15, 0.2) is 24.3 Å². The van der Waals surface area contributed by atoms with Gasteiger partial charge in [-0.05, 0) is 42.9 Å². The van der Waals surface area contributed by atoms with E-state index in [4.69, 9.17) is 10.00 Å². The zero-order valence-electron chi connectivity index (χ0n) is 10.9. The Morgan fingerprint density at radius 2 is 2.33 bits per heavy atom. The van der Waals surface area contributed by atoms with Crippen molar-refractivity contribution in [3.63, 3.8) is 0 Å². The molecule has 1 fully saturated rings. The Hall–Kier alpha value is -1.53. The second kappa shape index (κ2) is 6.42. The fraction of sp³-hybridized carbons (Fsp3) is 0.533. The number of nitrogens with one attached hydrogen (secondary N) is 1. The van der Waals surface area contributed by atoms with Crippen LogP contribution in [0.3, 0.4) is 0 Å². The lowest BCUT2D eigenvalue weighted by atomic mass is 10.1. The van der Waals surface area contributed by atoms with Gasteiger partial charge in [-0.25, -0.2) is 0 Å². The summed E-state index contributed by atoms with van der Waals surface area (Å²) in [4.78, 5) is 0. The van der Waals surface area contributed by atoms with E-state index in [-0.39, 0.29) is 6.61 Å². The molecule has 0 saturated heterocycles. The van der Waals surface area contributed by atoms with E-state index in [1.165, 1.54) is 24.8 Å². The summed E-state index contributed by atoms with van der Waals surface area (Å²) in [5, 5.41) is 12.1. The van der Waals surface area contributed by atoms with Crippen molar-refractivity contribution < 1.29 is 4.74 Å². The molecule has 1 aliphatic carbocycles. The van der Waals surface area contributed by atoms with E-state index < -0.39 is 0 Å². The predicted molar refractivity (Wildman–Crippen MR) is 71.2 cm³/mol. The van der Waals surface area contributed by atoms with Crippen molar-refractivity contribution in [2.75, 3.05) is 6.61 Å². The minimum atomic E-state index is 0.108. The van der Waals surface area contributed by atoms with Gasteiger partial charge >= 0.3 is 0 Å². The van der Waals surface area contributed by atoms with Crippen LogP contribution in [0.4, 0.5) is 0 Å². The first-order valence-corrected chi connectivity index (χ1v) is 6.60. The van der Waals surface area contributed by atoms with Gasteiger partial charge in [-0.3, -0.25) is 0 Å². The molecule has 0 bridgehead atoms. The second-order valence-corrected chi connectivity index (χ2v) is 5.09. The number of rotatable bonds is 5. The van der Waals surface area contributed by atoms with Crippen LogP contribution in [0, 0.1) is 17.2 Å². The molecule has 2 unspecified atom stereocenters. The van der Waals surface area contributed by atoms with Gasteiger partial charge in [-0.15, -0.1) is 0 Å². The first kappa shape index (κ1) is 12.9. The molecular weight excluding hydrogens is 224 g/mol. The molecular formula is C15H20N2O. The standard InChI is InChI=1S/C15H20N2O/c1-12-5-6-14(9-12)17-11-13-3-2-4-15(10-13)18-8-7-16/h2-4,10,12,14,17H,5-6,8-9,11H2,1H3. The Morgan fingerprint density at radius 1 is 1.44 bits per heavy atom. The average molecular weight is 244 g/mol. The monoisotopic (exact) mass is 244 g/mol. The zero-order chi connectivity index (χ0) is 12.8. The van der Waals surface area contributed by atoms with Crippen molar-refractivity contribution in [1.29, 1.82) is 5.26 Å². The number of hydrogen-bond acceptors (Lipinski definition) is 3. The molecule has 1 saturated carbocycles. The maximum Gasteiger partial charge on any atom is 0.174 e. The highest BCUT2D eigenvalue weighted by atomic mass is 16.5. The number of hydrogen-bond donors (Lipinski definition) is 1. The molecule has 0 spiro atoms.